The maximum absolute atomic E-state index is 14.2. The Bertz CT molecular complexity index is 3290. The summed E-state index contributed by atoms with van der Waals surface area (Å²) in [4.78, 5) is 55.3. The van der Waals surface area contributed by atoms with E-state index in [2.05, 4.69) is 115 Å². The lowest BCUT2D eigenvalue weighted by molar-refractivity contribution is -0.124. The molecule has 12 nitrogen and oxygen atoms in total. The summed E-state index contributed by atoms with van der Waals surface area (Å²) in [5.74, 6) is 5.98. The van der Waals surface area contributed by atoms with Gasteiger partial charge in [0.1, 0.15) is 17.6 Å². The predicted molar refractivity (Wildman–Crippen MR) is 339 cm³/mol. The van der Waals surface area contributed by atoms with Gasteiger partial charge >= 0.3 is 6.16 Å². The van der Waals surface area contributed by atoms with Crippen molar-refractivity contribution in [2.24, 2.45) is 29.6 Å². The lowest BCUT2D eigenvalue weighted by atomic mass is 9.77. The molecule has 12 rings (SSSR count). The van der Waals surface area contributed by atoms with Crippen LogP contribution in [0, 0.1) is 54.8 Å². The van der Waals surface area contributed by atoms with Crippen molar-refractivity contribution in [1.82, 2.24) is 9.97 Å². The fourth-order valence-corrected chi connectivity index (χ4v) is 16.3. The van der Waals surface area contributed by atoms with E-state index in [1.807, 2.05) is 17.3 Å². The van der Waals surface area contributed by atoms with Crippen LogP contribution in [0.25, 0.3) is 20.9 Å². The molecule has 14 heteroatoms. The molecular formula is C71H85N5O7S2. The summed E-state index contributed by atoms with van der Waals surface area (Å²) < 4.78 is 16.0. The Labute approximate surface area is 511 Å². The maximum Gasteiger partial charge on any atom is 0.506 e. The molecular weight excluding hydrogens is 1100 g/mol. The molecule has 0 spiro atoms. The van der Waals surface area contributed by atoms with Crippen molar-refractivity contribution in [2.75, 3.05) is 37.1 Å². The molecule has 448 valence electrons. The summed E-state index contributed by atoms with van der Waals surface area (Å²) in [6.45, 7) is 5.72. The summed E-state index contributed by atoms with van der Waals surface area (Å²) in [6, 6.07) is 32.5. The molecule has 6 aliphatic rings. The van der Waals surface area contributed by atoms with Crippen LogP contribution in [-0.2, 0) is 14.3 Å². The lowest BCUT2D eigenvalue weighted by Crippen LogP contribution is -2.42. The Morgan fingerprint density at radius 1 is 0.541 bits per heavy atom. The molecule has 0 atom stereocenters. The van der Waals surface area contributed by atoms with E-state index in [1.165, 1.54) is 62.8 Å². The third kappa shape index (κ3) is 15.2. The van der Waals surface area contributed by atoms with Crippen molar-refractivity contribution in [3.05, 3.63) is 130 Å². The summed E-state index contributed by atoms with van der Waals surface area (Å²) in [5, 5.41) is 20.7. The Morgan fingerprint density at radius 2 is 0.953 bits per heavy atom. The molecule has 6 aliphatic carbocycles. The third-order valence-corrected chi connectivity index (χ3v) is 22.0. The largest absolute Gasteiger partial charge is 0.506 e. The quantitative estimate of drug-likeness (QED) is 0.0822. The minimum Gasteiger partial charge on any atom is -0.496 e. The Hall–Kier alpha value is -6.56. The number of amides is 2. The average molecular weight is 1180 g/mol. The summed E-state index contributed by atoms with van der Waals surface area (Å²) in [7, 11) is 3.45. The first kappa shape index (κ1) is 60.1. The fourth-order valence-electron chi connectivity index (χ4n) is 14.1. The summed E-state index contributed by atoms with van der Waals surface area (Å²) in [6.07, 6.45) is 23.2. The highest BCUT2D eigenvalue weighted by Crippen LogP contribution is 2.47. The normalized spacial score (nSPS) is 24.0. The molecule has 4 aromatic carbocycles. The predicted octanol–water partition coefficient (Wildman–Crippen LogP) is 17.6. The standard InChI is InChI=1S/C36H43N3O2S.C35H42N2O5S/c1-24-20-30(16-17-33(24)41-2)27-10-8-26(9-11-27)23-39(36(40)29-12-6-25(7-13-29)18-19-37)32-5-3-4-31(21-32)34-22-38-35(42-34)28-14-15-28;1-22-18-27(14-17-31(22)41-2)24-8-6-23(7-9-24)21-37(34(38)26-12-15-30(16-13-26)42-35(39)40)29-5-3-4-28(19-29)32-20-36-33(43-32)25-10-11-25/h3-5,16-17,20-22,25-29H,6-15,18,23H2,1-2H3;3-5,14,17-20,23-26,30H,6-13,15-16,21H2,1-2H3,(H,39,40). The number of carbonyl (C=O) groups is 3. The monoisotopic (exact) mass is 1180 g/mol. The Kier molecular flexibility index (Phi) is 19.7. The van der Waals surface area contributed by atoms with Gasteiger partial charge in [-0.05, 0) is 242 Å². The Balaban J connectivity index is 0.000000177. The number of anilines is 2. The van der Waals surface area contributed by atoms with Crippen molar-refractivity contribution in [2.45, 2.75) is 178 Å². The number of hydrogen-bond acceptors (Lipinski definition) is 11. The molecule has 0 saturated heterocycles. The van der Waals surface area contributed by atoms with Gasteiger partial charge in [0, 0.05) is 67.0 Å². The van der Waals surface area contributed by atoms with E-state index < -0.39 is 6.16 Å². The smallest absolute Gasteiger partial charge is 0.496 e. The zero-order valence-corrected chi connectivity index (χ0v) is 51.9. The number of carbonyl (C=O) groups excluding carboxylic acids is 2. The van der Waals surface area contributed by atoms with Crippen LogP contribution in [-0.4, -0.2) is 66.5 Å². The number of ether oxygens (including phenoxy) is 3. The molecule has 6 fully saturated rings. The second-order valence-electron chi connectivity index (χ2n) is 25.5. The van der Waals surface area contributed by atoms with Gasteiger partial charge in [-0.3, -0.25) is 9.59 Å². The number of carboxylic acid groups (broad SMARTS) is 1. The molecule has 6 aromatic rings. The van der Waals surface area contributed by atoms with Crippen molar-refractivity contribution in [1.29, 1.82) is 5.26 Å². The first-order valence-corrected chi connectivity index (χ1v) is 33.3. The topological polar surface area (TPSA) is 155 Å². The van der Waals surface area contributed by atoms with Gasteiger partial charge in [0.15, 0.2) is 0 Å². The number of rotatable bonds is 18. The molecule has 2 amide bonds. The van der Waals surface area contributed by atoms with Gasteiger partial charge in [-0.15, -0.1) is 22.7 Å². The second-order valence-corrected chi connectivity index (χ2v) is 27.6. The molecule has 0 radical (unpaired) electrons. The molecule has 2 aromatic heterocycles. The molecule has 1 N–H and O–H groups in total. The zero-order valence-electron chi connectivity index (χ0n) is 50.2. The molecule has 0 bridgehead atoms. The van der Waals surface area contributed by atoms with Gasteiger partial charge in [-0.2, -0.15) is 5.26 Å². The average Bonchev–Trinajstić information content (AvgIpc) is 4.22. The van der Waals surface area contributed by atoms with Crippen LogP contribution in [0.3, 0.4) is 0 Å². The van der Waals surface area contributed by atoms with E-state index in [9.17, 15) is 14.4 Å². The molecule has 85 heavy (non-hydrogen) atoms. The molecule has 2 heterocycles. The van der Waals surface area contributed by atoms with Gasteiger partial charge in [-0.25, -0.2) is 14.8 Å². The molecule has 0 unspecified atom stereocenters. The van der Waals surface area contributed by atoms with E-state index in [1.54, 1.807) is 36.9 Å². The summed E-state index contributed by atoms with van der Waals surface area (Å²) >= 11 is 3.58. The first-order chi connectivity index (χ1) is 41.4. The van der Waals surface area contributed by atoms with Gasteiger partial charge < -0.3 is 29.1 Å². The van der Waals surface area contributed by atoms with Crippen molar-refractivity contribution in [3.8, 4) is 38.4 Å². The van der Waals surface area contributed by atoms with Crippen LogP contribution in [0.4, 0.5) is 16.2 Å². The second kappa shape index (κ2) is 27.9. The number of aryl methyl sites for hydroxylation is 2. The van der Waals surface area contributed by atoms with Crippen LogP contribution >= 0.6 is 22.7 Å². The minimum absolute atomic E-state index is 0.0482. The van der Waals surface area contributed by atoms with Gasteiger partial charge in [0.25, 0.3) is 0 Å². The van der Waals surface area contributed by atoms with Crippen molar-refractivity contribution < 1.29 is 33.7 Å². The highest BCUT2D eigenvalue weighted by atomic mass is 32.1. The van der Waals surface area contributed by atoms with Crippen molar-refractivity contribution in [3.63, 3.8) is 0 Å². The van der Waals surface area contributed by atoms with E-state index in [0.717, 1.165) is 122 Å². The third-order valence-electron chi connectivity index (χ3n) is 19.5. The first-order valence-electron chi connectivity index (χ1n) is 31.7. The maximum atomic E-state index is 14.2. The van der Waals surface area contributed by atoms with Gasteiger partial charge in [0.2, 0.25) is 11.8 Å². The Morgan fingerprint density at radius 3 is 1.34 bits per heavy atom. The number of nitriles is 1. The van der Waals surface area contributed by atoms with Crippen molar-refractivity contribution >= 4 is 52.0 Å². The SMILES string of the molecule is COc1ccc(C2CCC(CN(C(=O)C3CCC(CC#N)CC3)c3cccc(-c4cnc(C5CC5)s4)c3)CC2)cc1C.COc1ccc(C2CCC(CN(C(=O)C3CCC(OC(=O)O)CC3)c3cccc(-c4cnc(C5CC5)s4)c3)CC2)cc1C. The fraction of sp³-hybridized carbons (Fsp3) is 0.521. The highest BCUT2D eigenvalue weighted by Gasteiger charge is 2.36. The number of aromatic nitrogens is 2. The minimum atomic E-state index is -1.23. The zero-order chi connectivity index (χ0) is 59.0. The molecule has 0 aliphatic heterocycles. The lowest BCUT2D eigenvalue weighted by Gasteiger charge is -2.36. The van der Waals surface area contributed by atoms with Crippen LogP contribution in [0.5, 0.6) is 11.5 Å². The highest BCUT2D eigenvalue weighted by molar-refractivity contribution is 7.15. The number of nitrogens with zero attached hydrogens (tertiary/aromatic N) is 5. The van der Waals surface area contributed by atoms with Gasteiger partial charge in [-0.1, -0.05) is 48.5 Å². The van der Waals surface area contributed by atoms with E-state index >= 15 is 0 Å². The van der Waals surface area contributed by atoms with Crippen LogP contribution in [0.15, 0.2) is 97.3 Å². The summed E-state index contributed by atoms with van der Waals surface area (Å²) in [5.41, 5.74) is 9.40. The van der Waals surface area contributed by atoms with Crippen LogP contribution in [0.1, 0.15) is 191 Å². The molecule has 6 saturated carbocycles. The number of hydrogen-bond donors (Lipinski definition) is 1. The van der Waals surface area contributed by atoms with E-state index in [-0.39, 0.29) is 29.8 Å². The number of methoxy groups -OCH3 is 2. The number of thiazole rings is 2. The van der Waals surface area contributed by atoms with E-state index in [4.69, 9.17) is 29.6 Å². The van der Waals surface area contributed by atoms with Crippen LogP contribution in [0.2, 0.25) is 0 Å². The van der Waals surface area contributed by atoms with Gasteiger partial charge in [0.05, 0.1) is 40.1 Å². The number of benzene rings is 4. The van der Waals surface area contributed by atoms with E-state index in [0.29, 0.717) is 80.1 Å². The van der Waals surface area contributed by atoms with Crippen LogP contribution < -0.4 is 19.3 Å².